The van der Waals surface area contributed by atoms with Crippen LogP contribution in [0, 0.1) is 30.2 Å². The van der Waals surface area contributed by atoms with Crippen molar-refractivity contribution in [1.82, 2.24) is 0 Å². The van der Waals surface area contributed by atoms with E-state index >= 15 is 17.6 Å². The number of hydrogen-bond donors (Lipinski definition) is 0. The number of aryl methyl sites for hydroxylation is 1. The molecule has 6 aromatic carbocycles. The average Bonchev–Trinajstić information content (AvgIpc) is 3.15. The highest BCUT2D eigenvalue weighted by molar-refractivity contribution is 5.83. The molecule has 248 valence electrons. The summed E-state index contributed by atoms with van der Waals surface area (Å²) in [6.45, 7) is 3.42. The third-order valence-corrected chi connectivity index (χ3v) is 9.16. The van der Waals surface area contributed by atoms with Crippen molar-refractivity contribution in [3.63, 3.8) is 0 Å². The SMILES string of the molecule is CC1=C(c2c(F)c(F)c(-c3ccc(N(c4ccccc4)c4ccccc4)cc3C)c(F)c2F)C=CC(N(c2ccccc2)c2ccccc2)C1. The Balaban J connectivity index is 1.25. The van der Waals surface area contributed by atoms with Gasteiger partial charge in [0.2, 0.25) is 0 Å². The van der Waals surface area contributed by atoms with Crippen LogP contribution >= 0.6 is 0 Å². The van der Waals surface area contributed by atoms with E-state index in [1.54, 1.807) is 32.1 Å². The zero-order chi connectivity index (χ0) is 34.8. The van der Waals surface area contributed by atoms with Crippen molar-refractivity contribution in [3.05, 3.63) is 192 Å². The van der Waals surface area contributed by atoms with E-state index in [0.29, 0.717) is 17.6 Å². The molecule has 0 heterocycles. The van der Waals surface area contributed by atoms with Gasteiger partial charge in [-0.25, -0.2) is 17.6 Å². The molecule has 2 nitrogen and oxygen atoms in total. The maximum atomic E-state index is 16.0. The van der Waals surface area contributed by atoms with E-state index in [1.165, 1.54) is 6.07 Å². The predicted molar refractivity (Wildman–Crippen MR) is 196 cm³/mol. The Morgan fingerprint density at radius 1 is 0.500 bits per heavy atom. The van der Waals surface area contributed by atoms with E-state index in [1.807, 2.05) is 132 Å². The maximum Gasteiger partial charge on any atom is 0.170 e. The fourth-order valence-electron chi connectivity index (χ4n) is 6.80. The van der Waals surface area contributed by atoms with Gasteiger partial charge in [0.05, 0.1) is 17.2 Å². The minimum absolute atomic E-state index is 0.0699. The first-order valence-corrected chi connectivity index (χ1v) is 16.5. The Morgan fingerprint density at radius 3 is 1.38 bits per heavy atom. The standard InChI is InChI=1S/C44H34F4N2/c1-29-27-35(49(31-15-7-3-8-16-31)32-17-9-4-10-18-32)23-25-37(29)39-41(45)43(47)40(44(48)42(39)46)38-26-24-36(28-30(38)2)50(33-19-11-5-12-20-33)34-21-13-6-14-22-34/h3-27,36H,28H2,1-2H3. The van der Waals surface area contributed by atoms with Crippen LogP contribution in [0.15, 0.2) is 157 Å². The van der Waals surface area contributed by atoms with Gasteiger partial charge in [-0.15, -0.1) is 0 Å². The first kappa shape index (κ1) is 32.7. The molecule has 0 aromatic heterocycles. The zero-order valence-corrected chi connectivity index (χ0v) is 27.6. The molecule has 1 unspecified atom stereocenters. The number of allylic oxidation sites excluding steroid dienone is 2. The molecule has 0 saturated heterocycles. The number of benzene rings is 6. The van der Waals surface area contributed by atoms with Crippen molar-refractivity contribution in [3.8, 4) is 11.1 Å². The minimum atomic E-state index is -1.43. The average molecular weight is 667 g/mol. The van der Waals surface area contributed by atoms with Gasteiger partial charge in [-0.05, 0) is 97.6 Å². The molecule has 50 heavy (non-hydrogen) atoms. The summed E-state index contributed by atoms with van der Waals surface area (Å²) < 4.78 is 64.2. The Kier molecular flexibility index (Phi) is 9.09. The monoisotopic (exact) mass is 666 g/mol. The predicted octanol–water partition coefficient (Wildman–Crippen LogP) is 12.6. The van der Waals surface area contributed by atoms with Crippen LogP contribution in [0.5, 0.6) is 0 Å². The van der Waals surface area contributed by atoms with Gasteiger partial charge in [-0.2, -0.15) is 0 Å². The summed E-state index contributed by atoms with van der Waals surface area (Å²) in [5, 5.41) is 0. The summed E-state index contributed by atoms with van der Waals surface area (Å²) in [7, 11) is 0. The van der Waals surface area contributed by atoms with Crippen LogP contribution in [0.4, 0.5) is 46.0 Å². The molecule has 6 heteroatoms. The third kappa shape index (κ3) is 6.09. The lowest BCUT2D eigenvalue weighted by atomic mass is 9.87. The molecular weight excluding hydrogens is 632 g/mol. The molecule has 7 rings (SSSR count). The van der Waals surface area contributed by atoms with Gasteiger partial charge in [0, 0.05) is 28.4 Å². The van der Waals surface area contributed by atoms with Crippen LogP contribution in [-0.4, -0.2) is 6.04 Å². The Morgan fingerprint density at radius 2 is 0.940 bits per heavy atom. The molecule has 0 aliphatic heterocycles. The van der Waals surface area contributed by atoms with E-state index < -0.39 is 34.4 Å². The lowest BCUT2D eigenvalue weighted by Gasteiger charge is -2.34. The quantitative estimate of drug-likeness (QED) is 0.118. The Bertz CT molecular complexity index is 2090. The van der Waals surface area contributed by atoms with Crippen molar-refractivity contribution < 1.29 is 17.6 Å². The molecule has 1 aliphatic rings. The van der Waals surface area contributed by atoms with Crippen LogP contribution < -0.4 is 9.80 Å². The van der Waals surface area contributed by atoms with Crippen LogP contribution in [-0.2, 0) is 0 Å². The van der Waals surface area contributed by atoms with Gasteiger partial charge < -0.3 is 9.80 Å². The Labute approximate surface area is 289 Å². The lowest BCUT2D eigenvalue weighted by Crippen LogP contribution is -2.31. The summed E-state index contributed by atoms with van der Waals surface area (Å²) in [6.07, 6.45) is 3.79. The minimum Gasteiger partial charge on any atom is -0.334 e. The fourth-order valence-corrected chi connectivity index (χ4v) is 6.80. The molecule has 0 fully saturated rings. The summed E-state index contributed by atoms with van der Waals surface area (Å²) in [4.78, 5) is 4.14. The number of halogens is 4. The second kappa shape index (κ2) is 13.9. The normalized spacial score (nSPS) is 14.2. The molecule has 0 amide bonds. The lowest BCUT2D eigenvalue weighted by molar-refractivity contribution is 0.454. The number of anilines is 5. The van der Waals surface area contributed by atoms with Gasteiger partial charge in [0.25, 0.3) is 0 Å². The van der Waals surface area contributed by atoms with E-state index in [9.17, 15) is 0 Å². The highest BCUT2D eigenvalue weighted by Crippen LogP contribution is 2.42. The molecule has 0 spiro atoms. The number of nitrogens with zero attached hydrogens (tertiary/aromatic N) is 2. The van der Waals surface area contributed by atoms with Gasteiger partial charge in [-0.1, -0.05) is 96.6 Å². The van der Waals surface area contributed by atoms with Crippen LogP contribution in [0.25, 0.3) is 16.7 Å². The molecule has 0 bridgehead atoms. The maximum absolute atomic E-state index is 16.0. The summed E-state index contributed by atoms with van der Waals surface area (Å²) in [5.41, 5.74) is 4.23. The Hall–Kier alpha value is -5.88. The molecule has 6 aromatic rings. The van der Waals surface area contributed by atoms with Gasteiger partial charge >= 0.3 is 0 Å². The first-order chi connectivity index (χ1) is 24.3. The zero-order valence-electron chi connectivity index (χ0n) is 27.6. The highest BCUT2D eigenvalue weighted by Gasteiger charge is 2.31. The molecular formula is C44H34F4N2. The van der Waals surface area contributed by atoms with Crippen LogP contribution in [0.1, 0.15) is 24.5 Å². The van der Waals surface area contributed by atoms with E-state index in [2.05, 4.69) is 4.90 Å². The molecule has 0 saturated carbocycles. The summed E-state index contributed by atoms with van der Waals surface area (Å²) >= 11 is 0. The summed E-state index contributed by atoms with van der Waals surface area (Å²) in [6, 6.07) is 43.8. The smallest absolute Gasteiger partial charge is 0.170 e. The number of rotatable bonds is 8. The van der Waals surface area contributed by atoms with E-state index in [-0.39, 0.29) is 17.2 Å². The second-order valence-corrected chi connectivity index (χ2v) is 12.4. The third-order valence-electron chi connectivity index (χ3n) is 9.16. The highest BCUT2D eigenvalue weighted by atomic mass is 19.2. The van der Waals surface area contributed by atoms with Gasteiger partial charge in [0.15, 0.2) is 23.3 Å². The van der Waals surface area contributed by atoms with Crippen LogP contribution in [0.3, 0.4) is 0 Å². The topological polar surface area (TPSA) is 6.48 Å². The number of para-hydroxylation sites is 4. The van der Waals surface area contributed by atoms with Crippen molar-refractivity contribution in [2.45, 2.75) is 26.3 Å². The van der Waals surface area contributed by atoms with Crippen LogP contribution in [0.2, 0.25) is 0 Å². The van der Waals surface area contributed by atoms with Gasteiger partial charge in [-0.3, -0.25) is 0 Å². The largest absolute Gasteiger partial charge is 0.334 e. The molecule has 0 N–H and O–H groups in total. The van der Waals surface area contributed by atoms with Crippen molar-refractivity contribution in [2.24, 2.45) is 0 Å². The molecule has 1 aliphatic carbocycles. The van der Waals surface area contributed by atoms with Crippen molar-refractivity contribution in [1.29, 1.82) is 0 Å². The van der Waals surface area contributed by atoms with Crippen molar-refractivity contribution >= 4 is 34.0 Å². The number of hydrogen-bond acceptors (Lipinski definition) is 2. The second-order valence-electron chi connectivity index (χ2n) is 12.4. The first-order valence-electron chi connectivity index (χ1n) is 16.5. The molecule has 0 radical (unpaired) electrons. The fraction of sp³-hybridized carbons (Fsp3) is 0.0909. The van der Waals surface area contributed by atoms with E-state index in [4.69, 9.17) is 0 Å². The van der Waals surface area contributed by atoms with E-state index in [0.717, 1.165) is 28.4 Å². The van der Waals surface area contributed by atoms with Gasteiger partial charge in [0.1, 0.15) is 0 Å². The molecule has 1 atom stereocenters. The summed E-state index contributed by atoms with van der Waals surface area (Å²) in [5.74, 6) is -5.69. The van der Waals surface area contributed by atoms with Crippen molar-refractivity contribution in [2.75, 3.05) is 9.80 Å².